The van der Waals surface area contributed by atoms with Gasteiger partial charge in [-0.3, -0.25) is 14.9 Å². The summed E-state index contributed by atoms with van der Waals surface area (Å²) in [6, 6.07) is 4.75. The minimum atomic E-state index is -0.460. The number of carbonyl (C=O) groups excluding carboxylic acids is 1. The first-order chi connectivity index (χ1) is 9.93. The Hall–Kier alpha value is -2.15. The van der Waals surface area contributed by atoms with Crippen LogP contribution in [0.2, 0.25) is 0 Å². The van der Waals surface area contributed by atoms with Crippen LogP contribution in [0.3, 0.4) is 0 Å². The Labute approximate surface area is 123 Å². The van der Waals surface area contributed by atoms with Gasteiger partial charge in [0.25, 0.3) is 11.6 Å². The maximum atomic E-state index is 12.5. The molecule has 0 bridgehead atoms. The lowest BCUT2D eigenvalue weighted by atomic mass is 10.1. The Morgan fingerprint density at radius 3 is 2.71 bits per heavy atom. The Morgan fingerprint density at radius 1 is 1.43 bits per heavy atom. The van der Waals surface area contributed by atoms with E-state index in [1.165, 1.54) is 12.1 Å². The number of piperazine rings is 1. The second-order valence-electron chi connectivity index (χ2n) is 5.32. The lowest BCUT2D eigenvalue weighted by Gasteiger charge is -2.37. The van der Waals surface area contributed by atoms with Crippen LogP contribution in [0.4, 0.5) is 11.4 Å². The van der Waals surface area contributed by atoms with Crippen LogP contribution in [0.5, 0.6) is 0 Å². The van der Waals surface area contributed by atoms with E-state index >= 15 is 0 Å². The molecule has 1 unspecified atom stereocenters. The quantitative estimate of drug-likeness (QED) is 0.673. The lowest BCUT2D eigenvalue weighted by molar-refractivity contribution is -0.383. The van der Waals surface area contributed by atoms with Crippen LogP contribution in [0.25, 0.3) is 0 Å². The average molecular weight is 292 g/mol. The molecule has 1 amide bonds. The number of amides is 1. The van der Waals surface area contributed by atoms with Crippen molar-refractivity contribution in [2.75, 3.05) is 39.0 Å². The second kappa shape index (κ2) is 6.09. The monoisotopic (exact) mass is 292 g/mol. The van der Waals surface area contributed by atoms with Gasteiger partial charge in [0.1, 0.15) is 5.69 Å². The molecular weight excluding hydrogens is 272 g/mol. The Kier molecular flexibility index (Phi) is 4.42. The number of nitro groups is 1. The van der Waals surface area contributed by atoms with Gasteiger partial charge in [0.05, 0.1) is 4.92 Å². The molecule has 7 nitrogen and oxygen atoms in total. The summed E-state index contributed by atoms with van der Waals surface area (Å²) in [5, 5.41) is 13.7. The molecule has 1 aliphatic heterocycles. The third-order valence-corrected chi connectivity index (χ3v) is 3.96. The molecule has 1 heterocycles. The number of hydrogen-bond donors (Lipinski definition) is 1. The van der Waals surface area contributed by atoms with Crippen molar-refractivity contribution in [1.29, 1.82) is 0 Å². The SMILES string of the molecule is CNc1cc(C(=O)N2CCN(C)C(C)C2)ccc1[N+](=O)[O-]. The second-order valence-corrected chi connectivity index (χ2v) is 5.32. The maximum absolute atomic E-state index is 12.5. The first-order valence-electron chi connectivity index (χ1n) is 6.89. The molecule has 0 saturated carbocycles. The molecule has 2 rings (SSSR count). The summed E-state index contributed by atoms with van der Waals surface area (Å²) in [5.74, 6) is -0.0821. The zero-order valence-corrected chi connectivity index (χ0v) is 12.5. The molecule has 1 saturated heterocycles. The fourth-order valence-corrected chi connectivity index (χ4v) is 2.44. The molecule has 7 heteroatoms. The predicted octanol–water partition coefficient (Wildman–Crippen LogP) is 1.41. The van der Waals surface area contributed by atoms with Crippen molar-refractivity contribution in [2.24, 2.45) is 0 Å². The first kappa shape index (κ1) is 15.2. The van der Waals surface area contributed by atoms with E-state index in [0.29, 0.717) is 30.4 Å². The van der Waals surface area contributed by atoms with E-state index in [9.17, 15) is 14.9 Å². The highest BCUT2D eigenvalue weighted by molar-refractivity contribution is 5.96. The molecule has 21 heavy (non-hydrogen) atoms. The number of hydrogen-bond acceptors (Lipinski definition) is 5. The van der Waals surface area contributed by atoms with Crippen molar-refractivity contribution < 1.29 is 9.72 Å². The van der Waals surface area contributed by atoms with E-state index in [4.69, 9.17) is 0 Å². The van der Waals surface area contributed by atoms with E-state index < -0.39 is 4.92 Å². The maximum Gasteiger partial charge on any atom is 0.292 e. The molecule has 114 valence electrons. The molecule has 1 fully saturated rings. The van der Waals surface area contributed by atoms with E-state index in [1.54, 1.807) is 18.0 Å². The van der Waals surface area contributed by atoms with Crippen LogP contribution < -0.4 is 5.32 Å². The van der Waals surface area contributed by atoms with Crippen molar-refractivity contribution >= 4 is 17.3 Å². The molecule has 1 aromatic rings. The largest absolute Gasteiger partial charge is 0.383 e. The zero-order chi connectivity index (χ0) is 15.6. The molecular formula is C14H20N4O3. The van der Waals surface area contributed by atoms with Crippen molar-refractivity contribution in [3.63, 3.8) is 0 Å². The third kappa shape index (κ3) is 3.13. The Balaban J connectivity index is 2.22. The topological polar surface area (TPSA) is 78.7 Å². The summed E-state index contributed by atoms with van der Waals surface area (Å²) in [4.78, 5) is 27.0. The van der Waals surface area contributed by atoms with E-state index in [0.717, 1.165) is 6.54 Å². The van der Waals surface area contributed by atoms with Gasteiger partial charge in [-0.25, -0.2) is 0 Å². The van der Waals surface area contributed by atoms with Gasteiger partial charge in [0, 0.05) is 44.4 Å². The smallest absolute Gasteiger partial charge is 0.292 e. The van der Waals surface area contributed by atoms with Crippen LogP contribution in [0, 0.1) is 10.1 Å². The number of carbonyl (C=O) groups is 1. The summed E-state index contributed by atoms with van der Waals surface area (Å²) in [6.07, 6.45) is 0. The van der Waals surface area contributed by atoms with Crippen molar-refractivity contribution in [2.45, 2.75) is 13.0 Å². The fourth-order valence-electron chi connectivity index (χ4n) is 2.44. The van der Waals surface area contributed by atoms with Crippen molar-refractivity contribution in [1.82, 2.24) is 9.80 Å². The Bertz CT molecular complexity index is 561. The molecule has 0 spiro atoms. The van der Waals surface area contributed by atoms with Gasteiger partial charge in [0.2, 0.25) is 0 Å². The highest BCUT2D eigenvalue weighted by Gasteiger charge is 2.26. The number of anilines is 1. The van der Waals surface area contributed by atoms with Gasteiger partial charge >= 0.3 is 0 Å². The van der Waals surface area contributed by atoms with E-state index in [1.807, 2.05) is 7.05 Å². The predicted molar refractivity (Wildman–Crippen MR) is 80.6 cm³/mol. The van der Waals surface area contributed by atoms with E-state index in [-0.39, 0.29) is 11.6 Å². The minimum Gasteiger partial charge on any atom is -0.383 e. The summed E-state index contributed by atoms with van der Waals surface area (Å²) in [6.45, 7) is 4.25. The molecule has 0 radical (unpaired) electrons. The van der Waals surface area contributed by atoms with Crippen LogP contribution in [-0.4, -0.2) is 60.4 Å². The number of rotatable bonds is 3. The average Bonchev–Trinajstić information content (AvgIpc) is 2.48. The summed E-state index contributed by atoms with van der Waals surface area (Å²) in [5.41, 5.74) is 0.801. The fraction of sp³-hybridized carbons (Fsp3) is 0.500. The van der Waals surface area contributed by atoms with Crippen LogP contribution in [0.15, 0.2) is 18.2 Å². The highest BCUT2D eigenvalue weighted by Crippen LogP contribution is 2.25. The molecule has 0 aromatic heterocycles. The van der Waals surface area contributed by atoms with Crippen LogP contribution in [0.1, 0.15) is 17.3 Å². The lowest BCUT2D eigenvalue weighted by Crippen LogP contribution is -2.52. The van der Waals surface area contributed by atoms with Crippen LogP contribution in [-0.2, 0) is 0 Å². The molecule has 1 N–H and O–H groups in total. The molecule has 1 aromatic carbocycles. The van der Waals surface area contributed by atoms with Gasteiger partial charge in [-0.15, -0.1) is 0 Å². The van der Waals surface area contributed by atoms with Gasteiger partial charge in [0.15, 0.2) is 0 Å². The van der Waals surface area contributed by atoms with Gasteiger partial charge in [-0.05, 0) is 26.1 Å². The minimum absolute atomic E-state index is 0.0270. The number of likely N-dealkylation sites (N-methyl/N-ethyl adjacent to an activating group) is 1. The summed E-state index contributed by atoms with van der Waals surface area (Å²) >= 11 is 0. The molecule has 1 atom stereocenters. The first-order valence-corrected chi connectivity index (χ1v) is 6.89. The normalized spacial score (nSPS) is 19.4. The number of nitrogens with one attached hydrogen (secondary N) is 1. The zero-order valence-electron chi connectivity index (χ0n) is 12.5. The van der Waals surface area contributed by atoms with Crippen molar-refractivity contribution in [3.8, 4) is 0 Å². The highest BCUT2D eigenvalue weighted by atomic mass is 16.6. The number of nitro benzene ring substituents is 1. The third-order valence-electron chi connectivity index (χ3n) is 3.96. The van der Waals surface area contributed by atoms with Gasteiger partial charge in [-0.1, -0.05) is 0 Å². The van der Waals surface area contributed by atoms with Gasteiger partial charge < -0.3 is 15.1 Å². The summed E-state index contributed by atoms with van der Waals surface area (Å²) in [7, 11) is 3.64. The molecule has 0 aliphatic carbocycles. The summed E-state index contributed by atoms with van der Waals surface area (Å²) < 4.78 is 0. The van der Waals surface area contributed by atoms with Crippen LogP contribution >= 0.6 is 0 Å². The number of nitrogens with zero attached hydrogens (tertiary/aromatic N) is 3. The van der Waals surface area contributed by atoms with E-state index in [2.05, 4.69) is 17.1 Å². The number of benzene rings is 1. The Morgan fingerprint density at radius 2 is 2.14 bits per heavy atom. The standard InChI is InChI=1S/C14H20N4O3/c1-10-9-17(7-6-16(10)3)14(19)11-4-5-13(18(20)21)12(8-11)15-2/h4-5,8,10,15H,6-7,9H2,1-3H3. The van der Waals surface area contributed by atoms with Gasteiger partial charge in [-0.2, -0.15) is 0 Å². The molecule has 1 aliphatic rings. The van der Waals surface area contributed by atoms with Crippen molar-refractivity contribution in [3.05, 3.63) is 33.9 Å².